The number of hydrogen-bond donors (Lipinski definition) is 2. The molecule has 0 aliphatic carbocycles. The van der Waals surface area contributed by atoms with Crippen LogP contribution in [0.5, 0.6) is 0 Å². The van der Waals surface area contributed by atoms with E-state index in [1.54, 1.807) is 0 Å². The fourth-order valence-corrected chi connectivity index (χ4v) is 4.12. The van der Waals surface area contributed by atoms with Crippen LogP contribution in [0.25, 0.3) is 0 Å². The van der Waals surface area contributed by atoms with E-state index in [0.29, 0.717) is 18.2 Å². The molecule has 2 N–H and O–H groups in total. The van der Waals surface area contributed by atoms with Crippen LogP contribution in [-0.2, 0) is 9.53 Å². The van der Waals surface area contributed by atoms with Crippen LogP contribution in [0.1, 0.15) is 56.3 Å². The minimum Gasteiger partial charge on any atom is -0.373 e. The Bertz CT molecular complexity index is 674. The number of rotatable bonds is 8. The molecule has 2 aliphatic rings. The van der Waals surface area contributed by atoms with Gasteiger partial charge in [0.1, 0.15) is 0 Å². The highest BCUT2D eigenvalue weighted by Gasteiger charge is 2.27. The van der Waals surface area contributed by atoms with Crippen LogP contribution >= 0.6 is 0 Å². The third-order valence-electron chi connectivity index (χ3n) is 5.75. The first-order chi connectivity index (χ1) is 14.2. The maximum absolute atomic E-state index is 11.7. The molecule has 0 aromatic heterocycles. The summed E-state index contributed by atoms with van der Waals surface area (Å²) in [5, 5.41) is 6.76. The summed E-state index contributed by atoms with van der Waals surface area (Å²) in [6.07, 6.45) is 5.01. The molecule has 160 valence electrons. The van der Waals surface area contributed by atoms with Crippen LogP contribution in [0.4, 0.5) is 0 Å². The number of carbonyl (C=O) groups is 1. The van der Waals surface area contributed by atoms with E-state index in [-0.39, 0.29) is 6.10 Å². The Morgan fingerprint density at radius 1 is 1.24 bits per heavy atom. The summed E-state index contributed by atoms with van der Waals surface area (Å²) in [4.78, 5) is 18.5. The van der Waals surface area contributed by atoms with Gasteiger partial charge in [0.2, 0.25) is 5.91 Å². The minimum absolute atomic E-state index is 0.122. The van der Waals surface area contributed by atoms with Crippen molar-refractivity contribution in [2.45, 2.75) is 52.1 Å². The fraction of sp³-hybridized carbons (Fsp3) is 0.652. The first-order valence-corrected chi connectivity index (χ1v) is 11.2. The van der Waals surface area contributed by atoms with E-state index in [2.05, 4.69) is 48.7 Å². The molecular weight excluding hydrogens is 364 g/mol. The second kappa shape index (κ2) is 11.2. The average molecular weight is 401 g/mol. The third kappa shape index (κ3) is 6.46. The van der Waals surface area contributed by atoms with Gasteiger partial charge in [-0.05, 0) is 45.1 Å². The number of nitrogens with zero attached hydrogens (tertiary/aromatic N) is 2. The molecule has 2 atom stereocenters. The van der Waals surface area contributed by atoms with Crippen molar-refractivity contribution in [1.29, 1.82) is 0 Å². The van der Waals surface area contributed by atoms with Gasteiger partial charge in [-0.2, -0.15) is 0 Å². The van der Waals surface area contributed by atoms with E-state index < -0.39 is 0 Å². The molecular formula is C23H36N4O2. The number of aliphatic imine (C=N–C) groups is 1. The molecule has 1 aromatic rings. The number of hydrogen-bond acceptors (Lipinski definition) is 3. The normalized spacial score (nSPS) is 22.8. The zero-order chi connectivity index (χ0) is 20.5. The van der Waals surface area contributed by atoms with Crippen LogP contribution < -0.4 is 10.6 Å². The number of likely N-dealkylation sites (tertiary alicyclic amines) is 1. The van der Waals surface area contributed by atoms with Crippen molar-refractivity contribution in [1.82, 2.24) is 15.5 Å². The lowest BCUT2D eigenvalue weighted by atomic mass is 9.89. The van der Waals surface area contributed by atoms with Gasteiger partial charge in [-0.15, -0.1) is 0 Å². The molecule has 3 rings (SSSR count). The zero-order valence-corrected chi connectivity index (χ0v) is 18.0. The van der Waals surface area contributed by atoms with E-state index in [1.165, 1.54) is 11.1 Å². The molecule has 6 nitrogen and oxygen atoms in total. The summed E-state index contributed by atoms with van der Waals surface area (Å²) in [6.45, 7) is 9.16. The predicted molar refractivity (Wildman–Crippen MR) is 117 cm³/mol. The molecule has 2 fully saturated rings. The Balaban J connectivity index is 1.51. The summed E-state index contributed by atoms with van der Waals surface area (Å²) in [5.74, 6) is 1.54. The molecule has 0 radical (unpaired) electrons. The van der Waals surface area contributed by atoms with Crippen LogP contribution in [-0.4, -0.2) is 56.1 Å². The van der Waals surface area contributed by atoms with Crippen LogP contribution in [0.15, 0.2) is 29.3 Å². The number of benzene rings is 1. The topological polar surface area (TPSA) is 66.0 Å². The first kappa shape index (κ1) is 21.6. The maximum atomic E-state index is 11.7. The molecule has 6 heteroatoms. The SMILES string of the molecule is CCNC(=NCC1CCCOC1c1ccc(C)cc1)NCCCN1CCCC1=O. The lowest BCUT2D eigenvalue weighted by Gasteiger charge is -2.31. The maximum Gasteiger partial charge on any atom is 0.222 e. The van der Waals surface area contributed by atoms with Gasteiger partial charge in [0.25, 0.3) is 0 Å². The highest BCUT2D eigenvalue weighted by Crippen LogP contribution is 2.33. The van der Waals surface area contributed by atoms with E-state index in [9.17, 15) is 4.79 Å². The summed E-state index contributed by atoms with van der Waals surface area (Å²) in [6, 6.07) is 8.69. The van der Waals surface area contributed by atoms with Gasteiger partial charge in [0, 0.05) is 51.7 Å². The highest BCUT2D eigenvalue weighted by atomic mass is 16.5. The quantitative estimate of drug-likeness (QED) is 0.400. The molecule has 0 saturated carbocycles. The van der Waals surface area contributed by atoms with Crippen molar-refractivity contribution < 1.29 is 9.53 Å². The van der Waals surface area contributed by atoms with Gasteiger partial charge in [-0.1, -0.05) is 29.8 Å². The molecule has 0 bridgehead atoms. The Labute approximate surface area is 175 Å². The molecule has 0 spiro atoms. The first-order valence-electron chi connectivity index (χ1n) is 11.2. The van der Waals surface area contributed by atoms with Crippen molar-refractivity contribution in [2.75, 3.05) is 39.3 Å². The van der Waals surface area contributed by atoms with Gasteiger partial charge in [-0.25, -0.2) is 0 Å². The minimum atomic E-state index is 0.122. The largest absolute Gasteiger partial charge is 0.373 e. The van der Waals surface area contributed by atoms with E-state index in [4.69, 9.17) is 9.73 Å². The van der Waals surface area contributed by atoms with Crippen LogP contribution in [0, 0.1) is 12.8 Å². The molecule has 1 aromatic carbocycles. The summed E-state index contributed by atoms with van der Waals surface area (Å²) in [5.41, 5.74) is 2.53. The smallest absolute Gasteiger partial charge is 0.222 e. The Kier molecular flexibility index (Phi) is 8.35. The zero-order valence-electron chi connectivity index (χ0n) is 18.0. The Morgan fingerprint density at radius 2 is 2.07 bits per heavy atom. The van der Waals surface area contributed by atoms with Crippen molar-refractivity contribution in [3.63, 3.8) is 0 Å². The number of amides is 1. The van der Waals surface area contributed by atoms with E-state index in [1.807, 2.05) is 4.90 Å². The van der Waals surface area contributed by atoms with Crippen LogP contribution in [0.3, 0.4) is 0 Å². The number of carbonyl (C=O) groups excluding carboxylic acids is 1. The number of nitrogens with one attached hydrogen (secondary N) is 2. The summed E-state index contributed by atoms with van der Waals surface area (Å²) in [7, 11) is 0. The second-order valence-corrected chi connectivity index (χ2v) is 8.09. The van der Waals surface area contributed by atoms with Crippen molar-refractivity contribution >= 4 is 11.9 Å². The molecule has 1 amide bonds. The van der Waals surface area contributed by atoms with Crippen molar-refractivity contribution in [2.24, 2.45) is 10.9 Å². The van der Waals surface area contributed by atoms with Gasteiger partial charge < -0.3 is 20.3 Å². The van der Waals surface area contributed by atoms with E-state index >= 15 is 0 Å². The lowest BCUT2D eigenvalue weighted by Crippen LogP contribution is -2.39. The highest BCUT2D eigenvalue weighted by molar-refractivity contribution is 5.79. The van der Waals surface area contributed by atoms with Crippen LogP contribution in [0.2, 0.25) is 0 Å². The fourth-order valence-electron chi connectivity index (χ4n) is 4.12. The lowest BCUT2D eigenvalue weighted by molar-refractivity contribution is -0.127. The molecule has 2 heterocycles. The Hall–Kier alpha value is -2.08. The standard InChI is InChI=1S/C23H36N4O2/c1-3-24-23(25-13-6-15-27-14-4-8-21(27)28)26-17-20-7-5-16-29-22(20)19-11-9-18(2)10-12-19/h9-12,20,22H,3-8,13-17H2,1-2H3,(H2,24,25,26). The Morgan fingerprint density at radius 3 is 2.79 bits per heavy atom. The molecule has 2 saturated heterocycles. The summed E-state index contributed by atoms with van der Waals surface area (Å²) >= 11 is 0. The monoisotopic (exact) mass is 400 g/mol. The van der Waals surface area contributed by atoms with Gasteiger partial charge >= 0.3 is 0 Å². The number of ether oxygens (including phenoxy) is 1. The molecule has 2 aliphatic heterocycles. The second-order valence-electron chi connectivity index (χ2n) is 8.09. The molecule has 2 unspecified atom stereocenters. The van der Waals surface area contributed by atoms with Gasteiger partial charge in [0.15, 0.2) is 5.96 Å². The molecule has 29 heavy (non-hydrogen) atoms. The summed E-state index contributed by atoms with van der Waals surface area (Å²) < 4.78 is 6.13. The van der Waals surface area contributed by atoms with Gasteiger partial charge in [0.05, 0.1) is 6.10 Å². The predicted octanol–water partition coefficient (Wildman–Crippen LogP) is 3.03. The number of aryl methyl sites for hydroxylation is 1. The number of guanidine groups is 1. The van der Waals surface area contributed by atoms with Gasteiger partial charge in [-0.3, -0.25) is 9.79 Å². The average Bonchev–Trinajstić information content (AvgIpc) is 3.15. The van der Waals surface area contributed by atoms with Crippen molar-refractivity contribution in [3.05, 3.63) is 35.4 Å². The third-order valence-corrected chi connectivity index (χ3v) is 5.75. The van der Waals surface area contributed by atoms with Crippen molar-refractivity contribution in [3.8, 4) is 0 Å². The van der Waals surface area contributed by atoms with E-state index in [0.717, 1.165) is 71.0 Å².